The van der Waals surface area contributed by atoms with Gasteiger partial charge in [-0.2, -0.15) is 0 Å². The minimum atomic E-state index is -0.0440. The molecule has 0 bridgehead atoms. The molecular formula is C20H15N3O5S. The van der Waals surface area contributed by atoms with Crippen LogP contribution in [0, 0.1) is 0 Å². The number of amides is 1. The molecule has 1 N–H and O–H groups in total. The molecule has 0 saturated heterocycles. The number of carbonyl (C=O) groups excluding carboxylic acids is 2. The smallest absolute Gasteiger partial charge is 0.277 e. The molecule has 0 spiro atoms. The van der Waals surface area contributed by atoms with Gasteiger partial charge in [0, 0.05) is 23.2 Å². The van der Waals surface area contributed by atoms with E-state index in [2.05, 4.69) is 15.5 Å². The molecule has 0 unspecified atom stereocenters. The van der Waals surface area contributed by atoms with Gasteiger partial charge in [-0.1, -0.05) is 11.8 Å². The van der Waals surface area contributed by atoms with Crippen LogP contribution in [0.4, 0.5) is 5.69 Å². The monoisotopic (exact) mass is 409 g/mol. The average molecular weight is 409 g/mol. The lowest BCUT2D eigenvalue weighted by atomic mass is 9.99. The largest absolute Gasteiger partial charge is 0.454 e. The number of benzene rings is 2. The van der Waals surface area contributed by atoms with Gasteiger partial charge in [-0.3, -0.25) is 9.59 Å². The number of carbonyl (C=O) groups is 2. The van der Waals surface area contributed by atoms with Gasteiger partial charge in [0.2, 0.25) is 18.6 Å². The number of nitrogens with one attached hydrogen (secondary N) is 1. The van der Waals surface area contributed by atoms with Gasteiger partial charge in [0.15, 0.2) is 17.3 Å². The molecule has 0 radical (unpaired) electrons. The first-order valence-electron chi connectivity index (χ1n) is 8.98. The SMILES string of the molecule is O=C1CCc2cc(C(=O)CSc3nnc(-c4ccc5c(c4)OCO5)o3)ccc2N1. The number of fused-ring (bicyclic) bond motifs is 2. The lowest BCUT2D eigenvalue weighted by Gasteiger charge is -2.17. The molecule has 0 fully saturated rings. The van der Waals surface area contributed by atoms with E-state index in [4.69, 9.17) is 13.9 Å². The van der Waals surface area contributed by atoms with Crippen molar-refractivity contribution in [3.8, 4) is 23.0 Å². The molecule has 1 aromatic heterocycles. The molecule has 2 aromatic carbocycles. The van der Waals surface area contributed by atoms with Crippen LogP contribution in [0.25, 0.3) is 11.5 Å². The highest BCUT2D eigenvalue weighted by molar-refractivity contribution is 7.99. The van der Waals surface area contributed by atoms with E-state index in [1.54, 1.807) is 24.3 Å². The molecule has 0 aliphatic carbocycles. The number of aryl methyl sites for hydroxylation is 1. The zero-order valence-corrected chi connectivity index (χ0v) is 16.0. The highest BCUT2D eigenvalue weighted by atomic mass is 32.2. The number of aromatic nitrogens is 2. The summed E-state index contributed by atoms with van der Waals surface area (Å²) in [7, 11) is 0. The molecule has 3 heterocycles. The summed E-state index contributed by atoms with van der Waals surface area (Å²) in [5, 5.41) is 11.2. The van der Waals surface area contributed by atoms with Crippen molar-refractivity contribution >= 4 is 29.1 Å². The zero-order valence-electron chi connectivity index (χ0n) is 15.1. The minimum absolute atomic E-state index is 0.00166. The maximum Gasteiger partial charge on any atom is 0.277 e. The third kappa shape index (κ3) is 3.56. The molecule has 5 rings (SSSR count). The predicted molar refractivity (Wildman–Crippen MR) is 104 cm³/mol. The van der Waals surface area contributed by atoms with Crippen LogP contribution in [0.15, 0.2) is 46.0 Å². The number of nitrogens with zero attached hydrogens (tertiary/aromatic N) is 2. The molecule has 1 amide bonds. The van der Waals surface area contributed by atoms with Crippen LogP contribution in [0.2, 0.25) is 0 Å². The molecule has 146 valence electrons. The van der Waals surface area contributed by atoms with Gasteiger partial charge in [-0.05, 0) is 48.4 Å². The Bertz CT molecular complexity index is 1130. The van der Waals surface area contributed by atoms with Crippen molar-refractivity contribution in [1.82, 2.24) is 10.2 Å². The van der Waals surface area contributed by atoms with Crippen molar-refractivity contribution < 1.29 is 23.5 Å². The van der Waals surface area contributed by atoms with E-state index in [-0.39, 0.29) is 24.2 Å². The van der Waals surface area contributed by atoms with Gasteiger partial charge >= 0.3 is 0 Å². The van der Waals surface area contributed by atoms with E-state index in [9.17, 15) is 9.59 Å². The molecule has 2 aliphatic heterocycles. The van der Waals surface area contributed by atoms with Crippen LogP contribution in [0.5, 0.6) is 11.5 Å². The van der Waals surface area contributed by atoms with Gasteiger partial charge in [0.1, 0.15) is 0 Å². The topological polar surface area (TPSA) is 104 Å². The number of hydrogen-bond donors (Lipinski definition) is 1. The van der Waals surface area contributed by atoms with Crippen LogP contribution in [0.3, 0.4) is 0 Å². The number of hydrogen-bond acceptors (Lipinski definition) is 8. The molecular weight excluding hydrogens is 394 g/mol. The van der Waals surface area contributed by atoms with Crippen LogP contribution in [-0.4, -0.2) is 34.4 Å². The summed E-state index contributed by atoms with van der Waals surface area (Å²) in [5.41, 5.74) is 3.07. The predicted octanol–water partition coefficient (Wildman–Crippen LogP) is 3.33. The lowest BCUT2D eigenvalue weighted by molar-refractivity contribution is -0.116. The summed E-state index contributed by atoms with van der Waals surface area (Å²) in [6.45, 7) is 0.195. The van der Waals surface area contributed by atoms with E-state index in [1.807, 2.05) is 12.1 Å². The lowest BCUT2D eigenvalue weighted by Crippen LogP contribution is -2.19. The molecule has 0 saturated carbocycles. The van der Waals surface area contributed by atoms with E-state index in [0.29, 0.717) is 41.0 Å². The van der Waals surface area contributed by atoms with Crippen LogP contribution >= 0.6 is 11.8 Å². The van der Waals surface area contributed by atoms with E-state index in [0.717, 1.165) is 16.8 Å². The second kappa shape index (κ2) is 7.25. The van der Waals surface area contributed by atoms with Crippen molar-refractivity contribution in [2.24, 2.45) is 0 Å². The van der Waals surface area contributed by atoms with Crippen molar-refractivity contribution in [2.45, 2.75) is 18.1 Å². The second-order valence-electron chi connectivity index (χ2n) is 6.57. The Morgan fingerprint density at radius 2 is 1.97 bits per heavy atom. The Morgan fingerprint density at radius 1 is 1.07 bits per heavy atom. The molecule has 2 aliphatic rings. The molecule has 8 nitrogen and oxygen atoms in total. The zero-order chi connectivity index (χ0) is 19.8. The van der Waals surface area contributed by atoms with Gasteiger partial charge in [-0.25, -0.2) is 0 Å². The summed E-state index contributed by atoms with van der Waals surface area (Å²) in [5.74, 6) is 1.79. The number of thioether (sulfide) groups is 1. The first-order chi connectivity index (χ1) is 14.2. The number of ketones is 1. The van der Waals surface area contributed by atoms with Gasteiger partial charge in [-0.15, -0.1) is 10.2 Å². The summed E-state index contributed by atoms with van der Waals surface area (Å²) in [4.78, 5) is 24.0. The first-order valence-corrected chi connectivity index (χ1v) is 9.96. The summed E-state index contributed by atoms with van der Waals surface area (Å²) >= 11 is 1.19. The van der Waals surface area contributed by atoms with Crippen LogP contribution in [-0.2, 0) is 11.2 Å². The van der Waals surface area contributed by atoms with Crippen molar-refractivity contribution in [3.05, 3.63) is 47.5 Å². The minimum Gasteiger partial charge on any atom is -0.454 e. The van der Waals surface area contributed by atoms with Gasteiger partial charge in [0.25, 0.3) is 5.22 Å². The molecule has 9 heteroatoms. The Kier molecular flexibility index (Phi) is 4.44. The number of Topliss-reactive ketones (excluding diaryl/α,β-unsaturated/α-hetero) is 1. The summed E-state index contributed by atoms with van der Waals surface area (Å²) in [6.07, 6.45) is 1.07. The average Bonchev–Trinajstić information content (AvgIpc) is 3.40. The van der Waals surface area contributed by atoms with E-state index in [1.165, 1.54) is 11.8 Å². The van der Waals surface area contributed by atoms with E-state index >= 15 is 0 Å². The highest BCUT2D eigenvalue weighted by Crippen LogP contribution is 2.36. The summed E-state index contributed by atoms with van der Waals surface area (Å²) < 4.78 is 16.3. The van der Waals surface area contributed by atoms with Crippen molar-refractivity contribution in [2.75, 3.05) is 17.9 Å². The third-order valence-corrected chi connectivity index (χ3v) is 5.49. The first kappa shape index (κ1) is 17.7. The molecule has 3 aromatic rings. The fraction of sp³-hybridized carbons (Fsp3) is 0.200. The fourth-order valence-corrected chi connectivity index (χ4v) is 3.84. The molecule has 29 heavy (non-hydrogen) atoms. The number of rotatable bonds is 5. The maximum absolute atomic E-state index is 12.5. The highest BCUT2D eigenvalue weighted by Gasteiger charge is 2.19. The number of ether oxygens (including phenoxy) is 2. The van der Waals surface area contributed by atoms with Crippen molar-refractivity contribution in [3.63, 3.8) is 0 Å². The Morgan fingerprint density at radius 3 is 2.90 bits per heavy atom. The van der Waals surface area contributed by atoms with E-state index < -0.39 is 0 Å². The van der Waals surface area contributed by atoms with Crippen LogP contribution < -0.4 is 14.8 Å². The van der Waals surface area contributed by atoms with Gasteiger partial charge in [0.05, 0.1) is 5.75 Å². The Balaban J connectivity index is 1.25. The Labute approximate surface area is 169 Å². The molecule has 0 atom stereocenters. The summed E-state index contributed by atoms with van der Waals surface area (Å²) in [6, 6.07) is 10.7. The standard InChI is InChI=1S/C20H15N3O5S/c24-15(12-1-4-14-11(7-12)3-6-18(25)21-14)9-29-20-23-22-19(28-20)13-2-5-16-17(8-13)27-10-26-16/h1-2,4-5,7-8H,3,6,9-10H2,(H,21,25). The fourth-order valence-electron chi connectivity index (χ4n) is 3.18. The van der Waals surface area contributed by atoms with Crippen molar-refractivity contribution in [1.29, 1.82) is 0 Å². The third-order valence-electron chi connectivity index (χ3n) is 4.68. The maximum atomic E-state index is 12.5. The Hall–Kier alpha value is -3.33. The normalized spacial score (nSPS) is 14.4. The second-order valence-corrected chi connectivity index (χ2v) is 7.50. The quantitative estimate of drug-likeness (QED) is 0.506. The van der Waals surface area contributed by atoms with Gasteiger partial charge < -0.3 is 19.2 Å². The van der Waals surface area contributed by atoms with Crippen LogP contribution in [0.1, 0.15) is 22.3 Å². The number of anilines is 1.